The average molecular weight is 449 g/mol. The smallest absolute Gasteiger partial charge is 0.346 e. The summed E-state index contributed by atoms with van der Waals surface area (Å²) in [6.07, 6.45) is 9.75. The number of ketones is 1. The molecule has 1 saturated carbocycles. The van der Waals surface area contributed by atoms with E-state index in [4.69, 9.17) is 14.2 Å². The standard InChI is InChI=1S/C28H32O5/c1-17(2)13-23(29)22-11-12-24-25(27(22)31-4)28(30)32-16-21-15-18(3)14-20(26(21)33-24)10-9-19-7-5-6-8-19/h9-12,14-15,17,19H,5-8,13,16H2,1-4H3. The molecule has 0 aromatic heterocycles. The fourth-order valence-electron chi connectivity index (χ4n) is 4.70. The molecule has 2 aliphatic rings. The third-order valence-electron chi connectivity index (χ3n) is 6.28. The van der Waals surface area contributed by atoms with Crippen molar-refractivity contribution in [3.05, 3.63) is 58.2 Å². The molecule has 0 N–H and O–H groups in total. The third kappa shape index (κ3) is 4.97. The van der Waals surface area contributed by atoms with Gasteiger partial charge in [0.1, 0.15) is 29.4 Å². The van der Waals surface area contributed by atoms with Crippen LogP contribution in [0, 0.1) is 18.8 Å². The Morgan fingerprint density at radius 2 is 1.97 bits per heavy atom. The number of ether oxygens (including phenoxy) is 3. The monoisotopic (exact) mass is 448 g/mol. The van der Waals surface area contributed by atoms with Crippen molar-refractivity contribution in [2.45, 2.75) is 59.5 Å². The van der Waals surface area contributed by atoms with E-state index in [1.807, 2.05) is 26.8 Å². The Balaban J connectivity index is 1.78. The summed E-state index contributed by atoms with van der Waals surface area (Å²) in [5.74, 6) is 1.37. The topological polar surface area (TPSA) is 61.8 Å². The Morgan fingerprint density at radius 3 is 2.67 bits per heavy atom. The highest BCUT2D eigenvalue weighted by Crippen LogP contribution is 2.41. The molecule has 5 heteroatoms. The van der Waals surface area contributed by atoms with Gasteiger partial charge in [-0.1, -0.05) is 38.8 Å². The molecule has 0 unspecified atom stereocenters. The molecule has 1 fully saturated rings. The number of rotatable bonds is 6. The first-order valence-corrected chi connectivity index (χ1v) is 11.8. The first kappa shape index (κ1) is 23.1. The average Bonchev–Trinajstić information content (AvgIpc) is 3.29. The van der Waals surface area contributed by atoms with Crippen molar-refractivity contribution in [1.29, 1.82) is 0 Å². The zero-order valence-corrected chi connectivity index (χ0v) is 19.9. The van der Waals surface area contributed by atoms with Gasteiger partial charge in [-0.15, -0.1) is 0 Å². The van der Waals surface area contributed by atoms with E-state index in [1.165, 1.54) is 32.8 Å². The Hall–Kier alpha value is -3.08. The molecule has 0 radical (unpaired) electrons. The maximum atomic E-state index is 13.0. The van der Waals surface area contributed by atoms with Crippen LogP contribution in [0.25, 0.3) is 6.08 Å². The second kappa shape index (κ2) is 9.82. The lowest BCUT2D eigenvalue weighted by Crippen LogP contribution is -2.15. The van der Waals surface area contributed by atoms with Crippen molar-refractivity contribution in [2.24, 2.45) is 11.8 Å². The lowest BCUT2D eigenvalue weighted by molar-refractivity contribution is 0.0455. The fourth-order valence-corrected chi connectivity index (χ4v) is 4.70. The zero-order chi connectivity index (χ0) is 23.5. The molecule has 1 heterocycles. The molecule has 5 nitrogen and oxygen atoms in total. The van der Waals surface area contributed by atoms with Crippen LogP contribution >= 0.6 is 0 Å². The van der Waals surface area contributed by atoms with Gasteiger partial charge in [0.25, 0.3) is 0 Å². The van der Waals surface area contributed by atoms with E-state index < -0.39 is 5.97 Å². The second-order valence-corrected chi connectivity index (χ2v) is 9.46. The summed E-state index contributed by atoms with van der Waals surface area (Å²) in [6, 6.07) is 7.43. The van der Waals surface area contributed by atoms with Gasteiger partial charge in [-0.3, -0.25) is 4.79 Å². The number of fused-ring (bicyclic) bond motifs is 2. The summed E-state index contributed by atoms with van der Waals surface area (Å²) in [5.41, 5.74) is 3.38. The van der Waals surface area contributed by atoms with Crippen molar-refractivity contribution in [3.63, 3.8) is 0 Å². The van der Waals surface area contributed by atoms with Gasteiger partial charge in [-0.05, 0) is 61.4 Å². The van der Waals surface area contributed by atoms with Crippen molar-refractivity contribution >= 4 is 17.8 Å². The Morgan fingerprint density at radius 1 is 1.21 bits per heavy atom. The summed E-state index contributed by atoms with van der Waals surface area (Å²) in [6.45, 7) is 6.08. The second-order valence-electron chi connectivity index (χ2n) is 9.46. The number of Topliss-reactive ketones (excluding diaryl/α,β-unsaturated/α-hetero) is 1. The highest BCUT2D eigenvalue weighted by molar-refractivity contribution is 6.05. The first-order chi connectivity index (χ1) is 15.9. The van der Waals surface area contributed by atoms with Crippen LogP contribution in [-0.2, 0) is 11.3 Å². The number of methoxy groups -OCH3 is 1. The van der Waals surface area contributed by atoms with Crippen LogP contribution in [0.1, 0.15) is 83.4 Å². The highest BCUT2D eigenvalue weighted by atomic mass is 16.5. The van der Waals surface area contributed by atoms with Gasteiger partial charge in [0, 0.05) is 17.5 Å². The minimum absolute atomic E-state index is 0.0734. The number of allylic oxidation sites excluding steroid dienone is 1. The van der Waals surface area contributed by atoms with E-state index in [0.717, 1.165) is 16.7 Å². The Labute approximate surface area is 195 Å². The minimum atomic E-state index is -0.559. The molecule has 174 valence electrons. The van der Waals surface area contributed by atoms with E-state index in [1.54, 1.807) is 12.1 Å². The van der Waals surface area contributed by atoms with Gasteiger partial charge in [-0.2, -0.15) is 0 Å². The third-order valence-corrected chi connectivity index (χ3v) is 6.28. The maximum absolute atomic E-state index is 13.0. The predicted molar refractivity (Wildman–Crippen MR) is 128 cm³/mol. The molecule has 2 aromatic carbocycles. The number of carbonyl (C=O) groups excluding carboxylic acids is 2. The van der Waals surface area contributed by atoms with E-state index in [-0.39, 0.29) is 29.6 Å². The lowest BCUT2D eigenvalue weighted by atomic mass is 9.97. The number of carbonyl (C=O) groups is 2. The molecule has 0 atom stereocenters. The van der Waals surface area contributed by atoms with Gasteiger partial charge in [-0.25, -0.2) is 4.79 Å². The van der Waals surface area contributed by atoms with Crippen LogP contribution in [0.3, 0.4) is 0 Å². The van der Waals surface area contributed by atoms with Crippen LogP contribution in [0.4, 0.5) is 0 Å². The zero-order valence-electron chi connectivity index (χ0n) is 19.9. The molecule has 33 heavy (non-hydrogen) atoms. The van der Waals surface area contributed by atoms with Gasteiger partial charge in [0.05, 0.1) is 12.7 Å². The molecule has 1 aliphatic heterocycles. The van der Waals surface area contributed by atoms with Gasteiger partial charge >= 0.3 is 5.97 Å². The van der Waals surface area contributed by atoms with Crippen LogP contribution in [0.5, 0.6) is 17.2 Å². The Bertz CT molecular complexity index is 1090. The van der Waals surface area contributed by atoms with Gasteiger partial charge in [0.15, 0.2) is 5.78 Å². The first-order valence-electron chi connectivity index (χ1n) is 11.8. The van der Waals surface area contributed by atoms with Crippen LogP contribution < -0.4 is 9.47 Å². The van der Waals surface area contributed by atoms with E-state index in [9.17, 15) is 9.59 Å². The molecule has 0 bridgehead atoms. The number of hydrogen-bond donors (Lipinski definition) is 0. The number of benzene rings is 2. The van der Waals surface area contributed by atoms with Crippen molar-refractivity contribution in [3.8, 4) is 17.2 Å². The van der Waals surface area contributed by atoms with Crippen LogP contribution in [0.2, 0.25) is 0 Å². The molecule has 0 amide bonds. The molecule has 1 aliphatic carbocycles. The lowest BCUT2D eigenvalue weighted by Gasteiger charge is -2.22. The van der Waals surface area contributed by atoms with E-state index >= 15 is 0 Å². The summed E-state index contributed by atoms with van der Waals surface area (Å²) >= 11 is 0. The predicted octanol–water partition coefficient (Wildman–Crippen LogP) is 6.90. The van der Waals surface area contributed by atoms with E-state index in [2.05, 4.69) is 18.2 Å². The fraction of sp³-hybridized carbons (Fsp3) is 0.429. The normalized spacial score (nSPS) is 16.1. The number of aryl methyl sites for hydroxylation is 1. The van der Waals surface area contributed by atoms with Crippen LogP contribution in [-0.4, -0.2) is 18.9 Å². The van der Waals surface area contributed by atoms with Crippen LogP contribution in [0.15, 0.2) is 30.3 Å². The largest absolute Gasteiger partial charge is 0.495 e. The number of esters is 1. The van der Waals surface area contributed by atoms with Crippen molar-refractivity contribution < 1.29 is 23.8 Å². The summed E-state index contributed by atoms with van der Waals surface area (Å²) in [7, 11) is 1.46. The van der Waals surface area contributed by atoms with Gasteiger partial charge in [0.2, 0.25) is 0 Å². The molecular formula is C28H32O5. The molecule has 4 rings (SSSR count). The summed E-state index contributed by atoms with van der Waals surface area (Å²) in [5, 5.41) is 0. The van der Waals surface area contributed by atoms with E-state index in [0.29, 0.717) is 29.4 Å². The number of hydrogen-bond acceptors (Lipinski definition) is 5. The highest BCUT2D eigenvalue weighted by Gasteiger charge is 2.29. The number of cyclic esters (lactones) is 1. The summed E-state index contributed by atoms with van der Waals surface area (Å²) < 4.78 is 17.6. The SMILES string of the molecule is COc1c(C(=O)CC(C)C)ccc2c1C(=O)OCc1cc(C)cc(C=CC3CCCC3)c1O2. The Kier molecular flexibility index (Phi) is 6.87. The van der Waals surface area contributed by atoms with Crippen molar-refractivity contribution in [2.75, 3.05) is 7.11 Å². The van der Waals surface area contributed by atoms with Gasteiger partial charge < -0.3 is 14.2 Å². The van der Waals surface area contributed by atoms with Crippen molar-refractivity contribution in [1.82, 2.24) is 0 Å². The minimum Gasteiger partial charge on any atom is -0.495 e. The molecule has 0 spiro atoms. The quantitative estimate of drug-likeness (QED) is 0.355. The molecule has 2 aromatic rings. The summed E-state index contributed by atoms with van der Waals surface area (Å²) in [4.78, 5) is 25.8. The molecular weight excluding hydrogens is 416 g/mol. The molecule has 0 saturated heterocycles. The maximum Gasteiger partial charge on any atom is 0.346 e.